The second-order valence-electron chi connectivity index (χ2n) is 13.0. The van der Waals surface area contributed by atoms with Crippen LogP contribution in [0.15, 0.2) is 36.5 Å². The molecule has 2 bridgehead atoms. The Bertz CT molecular complexity index is 1420. The van der Waals surface area contributed by atoms with Crippen molar-refractivity contribution in [2.24, 2.45) is 5.92 Å². The molecule has 2 amide bonds. The molecule has 236 valence electrons. The van der Waals surface area contributed by atoms with E-state index in [0.29, 0.717) is 19.6 Å². The van der Waals surface area contributed by atoms with E-state index in [-0.39, 0.29) is 55.1 Å². The molecule has 0 spiro atoms. The van der Waals surface area contributed by atoms with Gasteiger partial charge in [-0.3, -0.25) is 30.5 Å². The molecule has 6 unspecified atom stereocenters. The first-order valence-corrected chi connectivity index (χ1v) is 16.2. The lowest BCUT2D eigenvalue weighted by Gasteiger charge is -2.50. The second-order valence-corrected chi connectivity index (χ2v) is 13.0. The van der Waals surface area contributed by atoms with Crippen molar-refractivity contribution in [3.63, 3.8) is 0 Å². The smallest absolute Gasteiger partial charge is 0.249 e. The molecule has 44 heavy (non-hydrogen) atoms. The summed E-state index contributed by atoms with van der Waals surface area (Å²) in [5.74, 6) is -0.0160. The summed E-state index contributed by atoms with van der Waals surface area (Å²) in [4.78, 5) is 37.0. The fourth-order valence-corrected chi connectivity index (χ4v) is 7.94. The summed E-state index contributed by atoms with van der Waals surface area (Å²) in [5.41, 5.74) is 3.39. The lowest BCUT2D eigenvalue weighted by atomic mass is 9.95. The number of aromatic amines is 1. The maximum absolute atomic E-state index is 13.8. The molecule has 13 heteroatoms. The molecule has 6 atom stereocenters. The highest BCUT2D eigenvalue weighted by atomic mass is 16.5. The van der Waals surface area contributed by atoms with Gasteiger partial charge in [0.1, 0.15) is 19.1 Å². The number of fused-ring (bicyclic) bond motifs is 6. The monoisotopic (exact) mass is 604 g/mol. The SMILES string of the molecule is CN1CCN(c2c[nH]c3ccc(NC4NCC5C(=O)N6C/C=C\CCCN7C(=O)COC8NCC(CC87)N6C5N4)cc23)CC1. The highest BCUT2D eigenvalue weighted by Gasteiger charge is 2.53. The molecule has 2 aromatic rings. The maximum atomic E-state index is 13.8. The molecular formula is C31H44N10O3. The van der Waals surface area contributed by atoms with Gasteiger partial charge in [0.15, 0.2) is 0 Å². The number of hydrogen-bond acceptors (Lipinski definition) is 10. The summed E-state index contributed by atoms with van der Waals surface area (Å²) in [6.07, 6.45) is 8.36. The van der Waals surface area contributed by atoms with Crippen LogP contribution < -0.4 is 26.2 Å². The Morgan fingerprint density at radius 3 is 2.80 bits per heavy atom. The van der Waals surface area contributed by atoms with Gasteiger partial charge in [-0.15, -0.1) is 0 Å². The number of carbonyl (C=O) groups is 2. The van der Waals surface area contributed by atoms with E-state index >= 15 is 0 Å². The van der Waals surface area contributed by atoms with E-state index in [1.807, 2.05) is 9.91 Å². The van der Waals surface area contributed by atoms with E-state index in [9.17, 15) is 9.59 Å². The van der Waals surface area contributed by atoms with Crippen LogP contribution in [0, 0.1) is 5.92 Å². The number of amides is 2. The Labute approximate surface area is 257 Å². The van der Waals surface area contributed by atoms with E-state index in [0.717, 1.165) is 63.2 Å². The van der Waals surface area contributed by atoms with Gasteiger partial charge < -0.3 is 29.7 Å². The first-order chi connectivity index (χ1) is 21.5. The molecule has 13 nitrogen and oxygen atoms in total. The maximum Gasteiger partial charge on any atom is 0.249 e. The third-order valence-electron chi connectivity index (χ3n) is 10.3. The van der Waals surface area contributed by atoms with E-state index in [1.165, 1.54) is 11.1 Å². The Morgan fingerprint density at radius 2 is 1.91 bits per heavy atom. The molecule has 5 fully saturated rings. The number of H-pyrrole nitrogens is 1. The van der Waals surface area contributed by atoms with Gasteiger partial charge in [-0.1, -0.05) is 12.2 Å². The van der Waals surface area contributed by atoms with Crippen LogP contribution in [-0.2, 0) is 14.3 Å². The molecule has 1 aromatic carbocycles. The fourth-order valence-electron chi connectivity index (χ4n) is 7.94. The van der Waals surface area contributed by atoms with Crippen LogP contribution in [0.5, 0.6) is 0 Å². The number of morpholine rings is 1. The van der Waals surface area contributed by atoms with Gasteiger partial charge in [0.05, 0.1) is 30.4 Å². The molecule has 1 aromatic heterocycles. The third-order valence-corrected chi connectivity index (χ3v) is 10.3. The highest BCUT2D eigenvalue weighted by molar-refractivity contribution is 5.95. The summed E-state index contributed by atoms with van der Waals surface area (Å²) in [6, 6.07) is 6.45. The summed E-state index contributed by atoms with van der Waals surface area (Å²) < 4.78 is 5.91. The number of ether oxygens (including phenoxy) is 1. The van der Waals surface area contributed by atoms with Gasteiger partial charge in [0, 0.05) is 74.6 Å². The van der Waals surface area contributed by atoms with Gasteiger partial charge in [-0.2, -0.15) is 5.01 Å². The predicted molar refractivity (Wildman–Crippen MR) is 167 cm³/mol. The second kappa shape index (κ2) is 11.6. The minimum atomic E-state index is -0.218. The van der Waals surface area contributed by atoms with Crippen molar-refractivity contribution < 1.29 is 14.3 Å². The lowest BCUT2D eigenvalue weighted by Crippen LogP contribution is -2.70. The zero-order chi connectivity index (χ0) is 29.8. The number of aromatic nitrogens is 1. The third kappa shape index (κ3) is 5.05. The minimum absolute atomic E-state index is 0.0358. The van der Waals surface area contributed by atoms with Gasteiger partial charge in [0.25, 0.3) is 0 Å². The van der Waals surface area contributed by atoms with Gasteiger partial charge in [-0.05, 0) is 44.5 Å². The van der Waals surface area contributed by atoms with Crippen LogP contribution in [-0.4, -0.2) is 133 Å². The molecule has 0 aliphatic carbocycles. The Balaban J connectivity index is 1.03. The van der Waals surface area contributed by atoms with Gasteiger partial charge in [-0.25, -0.2) is 0 Å². The Hall–Kier alpha value is -3.20. The number of benzene rings is 1. The summed E-state index contributed by atoms with van der Waals surface area (Å²) >= 11 is 0. The van der Waals surface area contributed by atoms with Crippen LogP contribution in [0.4, 0.5) is 11.4 Å². The number of hydrazine groups is 1. The fraction of sp³-hybridized carbons (Fsp3) is 0.613. The summed E-state index contributed by atoms with van der Waals surface area (Å²) in [7, 11) is 2.18. The number of likely N-dealkylation sites (N-methyl/N-ethyl adjacent to an activating group) is 1. The first kappa shape index (κ1) is 28.3. The normalized spacial score (nSPS) is 34.3. The number of nitrogens with one attached hydrogen (secondary N) is 5. The Morgan fingerprint density at radius 1 is 1.02 bits per heavy atom. The number of hydrogen-bond donors (Lipinski definition) is 5. The minimum Gasteiger partial charge on any atom is -0.367 e. The van der Waals surface area contributed by atoms with Crippen LogP contribution in [0.1, 0.15) is 19.3 Å². The number of allylic oxidation sites excluding steroid dienone is 1. The van der Waals surface area contributed by atoms with E-state index in [2.05, 4.69) is 84.7 Å². The molecule has 5 saturated heterocycles. The molecule has 6 aliphatic rings. The quantitative estimate of drug-likeness (QED) is 0.308. The van der Waals surface area contributed by atoms with Gasteiger partial charge >= 0.3 is 0 Å². The number of piperidine rings is 1. The number of carbonyl (C=O) groups excluding carboxylic acids is 2. The highest BCUT2D eigenvalue weighted by Crippen LogP contribution is 2.34. The molecule has 8 rings (SSSR count). The number of rotatable bonds is 3. The van der Waals surface area contributed by atoms with Crippen molar-refractivity contribution in [3.8, 4) is 0 Å². The predicted octanol–water partition coefficient (Wildman–Crippen LogP) is 0.0749. The topological polar surface area (TPSA) is 123 Å². The summed E-state index contributed by atoms with van der Waals surface area (Å²) in [6.45, 7) is 6.81. The van der Waals surface area contributed by atoms with E-state index < -0.39 is 0 Å². The van der Waals surface area contributed by atoms with Crippen LogP contribution >= 0.6 is 0 Å². The molecule has 5 N–H and O–H groups in total. The standard InChI is InChI=1S/C31H44N10O3/c1-37-10-12-38(13-11-37)26-18-32-24-7-6-20(14-22(24)26)35-31-34-17-23-28(36-31)41-21-15-25-29(33-16-21)44-19-27(42)39(25)8-4-2-3-5-9-40(41)30(23)43/h3,5-7,14,18,21,23,25,28-29,31-36H,2,4,8-13,15-17,19H2,1H3/b5-3-. The number of nitrogens with zero attached hydrogens (tertiary/aromatic N) is 5. The molecular weight excluding hydrogens is 560 g/mol. The number of piperazine rings is 1. The van der Waals surface area contributed by atoms with E-state index in [1.54, 1.807) is 0 Å². The zero-order valence-corrected chi connectivity index (χ0v) is 25.4. The average molecular weight is 605 g/mol. The van der Waals surface area contributed by atoms with Crippen LogP contribution in [0.25, 0.3) is 10.9 Å². The van der Waals surface area contributed by atoms with E-state index in [4.69, 9.17) is 4.74 Å². The van der Waals surface area contributed by atoms with Crippen LogP contribution in [0.2, 0.25) is 0 Å². The lowest BCUT2D eigenvalue weighted by molar-refractivity contribution is -0.172. The summed E-state index contributed by atoms with van der Waals surface area (Å²) in [5, 5.41) is 19.9. The molecule has 0 radical (unpaired) electrons. The largest absolute Gasteiger partial charge is 0.367 e. The molecule has 7 heterocycles. The first-order valence-electron chi connectivity index (χ1n) is 16.2. The number of anilines is 2. The average Bonchev–Trinajstić information content (AvgIpc) is 3.57. The Kier molecular flexibility index (Phi) is 7.47. The van der Waals surface area contributed by atoms with Crippen molar-refractivity contribution in [2.75, 3.05) is 76.2 Å². The van der Waals surface area contributed by atoms with Crippen molar-refractivity contribution in [1.29, 1.82) is 0 Å². The van der Waals surface area contributed by atoms with Gasteiger partial charge in [0.2, 0.25) is 11.8 Å². The zero-order valence-electron chi connectivity index (χ0n) is 25.4. The van der Waals surface area contributed by atoms with Crippen molar-refractivity contribution in [2.45, 2.75) is 50.0 Å². The van der Waals surface area contributed by atoms with Crippen molar-refractivity contribution >= 4 is 34.1 Å². The van der Waals surface area contributed by atoms with Crippen molar-refractivity contribution in [3.05, 3.63) is 36.5 Å². The van der Waals surface area contributed by atoms with Crippen molar-refractivity contribution in [1.82, 2.24) is 40.8 Å². The molecule has 0 saturated carbocycles. The van der Waals surface area contributed by atoms with Crippen LogP contribution in [0.3, 0.4) is 0 Å². The molecule has 6 aliphatic heterocycles.